The van der Waals surface area contributed by atoms with Crippen LogP contribution in [0.2, 0.25) is 0 Å². The highest BCUT2D eigenvalue weighted by atomic mass is 16.3. The second kappa shape index (κ2) is 11.9. The highest BCUT2D eigenvalue weighted by Gasteiger charge is 2.30. The average Bonchev–Trinajstić information content (AvgIpc) is 2.62. The van der Waals surface area contributed by atoms with Crippen molar-refractivity contribution >= 4 is 0 Å². The molecule has 0 amide bonds. The van der Waals surface area contributed by atoms with Crippen LogP contribution in [0.1, 0.15) is 77.2 Å². The lowest BCUT2D eigenvalue weighted by Crippen LogP contribution is -2.30. The number of benzene rings is 1. The van der Waals surface area contributed by atoms with Gasteiger partial charge in [-0.2, -0.15) is 5.26 Å². The van der Waals surface area contributed by atoms with Gasteiger partial charge in [0.15, 0.2) is 5.60 Å². The molecular formula is C22H33NO. The Morgan fingerprint density at radius 1 is 1.08 bits per heavy atom. The Hall–Kier alpha value is -1.59. The van der Waals surface area contributed by atoms with Crippen molar-refractivity contribution < 1.29 is 5.11 Å². The normalized spacial score (nSPS) is 14.2. The molecule has 0 aromatic heterocycles. The fourth-order valence-corrected chi connectivity index (χ4v) is 2.97. The molecule has 24 heavy (non-hydrogen) atoms. The number of hydrogen-bond donors (Lipinski definition) is 1. The zero-order valence-corrected chi connectivity index (χ0v) is 15.4. The van der Waals surface area contributed by atoms with Gasteiger partial charge in [0.2, 0.25) is 0 Å². The van der Waals surface area contributed by atoms with Crippen molar-refractivity contribution in [3.05, 3.63) is 47.5 Å². The standard InChI is InChI=1S/C22H33NO/c1-3-5-7-12-16-21(15-9-6-4-2)22(24,19-23)18-17-20-13-10-8-11-14-20/h8,10-11,13-14,16,24H,3-7,9,12,15,17-18H2,1-2H3/b21-16+. The van der Waals surface area contributed by atoms with Crippen molar-refractivity contribution in [2.45, 2.75) is 83.7 Å². The molecule has 0 aliphatic carbocycles. The van der Waals surface area contributed by atoms with Crippen LogP contribution in [-0.2, 0) is 6.42 Å². The molecule has 1 aromatic rings. The van der Waals surface area contributed by atoms with Gasteiger partial charge in [-0.25, -0.2) is 0 Å². The van der Waals surface area contributed by atoms with Gasteiger partial charge in [-0.15, -0.1) is 0 Å². The minimum Gasteiger partial charge on any atom is -0.372 e. The van der Waals surface area contributed by atoms with Gasteiger partial charge in [0.05, 0.1) is 0 Å². The molecule has 1 unspecified atom stereocenters. The van der Waals surface area contributed by atoms with E-state index in [1.807, 2.05) is 18.2 Å². The van der Waals surface area contributed by atoms with Gasteiger partial charge in [-0.05, 0) is 49.7 Å². The Bertz CT molecular complexity index is 515. The number of hydrogen-bond acceptors (Lipinski definition) is 2. The van der Waals surface area contributed by atoms with Crippen LogP contribution in [0.4, 0.5) is 0 Å². The van der Waals surface area contributed by atoms with Crippen LogP contribution in [-0.4, -0.2) is 10.7 Å². The summed E-state index contributed by atoms with van der Waals surface area (Å²) < 4.78 is 0. The highest BCUT2D eigenvalue weighted by molar-refractivity contribution is 5.28. The maximum atomic E-state index is 11.0. The van der Waals surface area contributed by atoms with Crippen molar-refractivity contribution in [2.75, 3.05) is 0 Å². The van der Waals surface area contributed by atoms with Crippen molar-refractivity contribution in [3.8, 4) is 6.07 Å². The van der Waals surface area contributed by atoms with E-state index in [2.05, 4.69) is 38.1 Å². The average molecular weight is 328 g/mol. The molecule has 0 radical (unpaired) electrons. The van der Waals surface area contributed by atoms with E-state index < -0.39 is 5.60 Å². The Labute approximate surface area is 148 Å². The van der Waals surface area contributed by atoms with Gasteiger partial charge in [-0.1, -0.05) is 75.9 Å². The molecule has 0 saturated heterocycles. The van der Waals surface area contributed by atoms with Crippen LogP contribution in [0.5, 0.6) is 0 Å². The summed E-state index contributed by atoms with van der Waals surface area (Å²) in [4.78, 5) is 0. The largest absolute Gasteiger partial charge is 0.372 e. The summed E-state index contributed by atoms with van der Waals surface area (Å²) in [6, 6.07) is 12.3. The monoisotopic (exact) mass is 327 g/mol. The van der Waals surface area contributed by atoms with E-state index in [0.717, 1.165) is 50.5 Å². The number of unbranched alkanes of at least 4 members (excludes halogenated alkanes) is 5. The maximum Gasteiger partial charge on any atom is 0.172 e. The molecule has 0 saturated carbocycles. The zero-order valence-electron chi connectivity index (χ0n) is 15.4. The predicted molar refractivity (Wildman–Crippen MR) is 102 cm³/mol. The van der Waals surface area contributed by atoms with Gasteiger partial charge in [0.25, 0.3) is 0 Å². The van der Waals surface area contributed by atoms with Crippen LogP contribution in [0.15, 0.2) is 42.0 Å². The third-order valence-electron chi connectivity index (χ3n) is 4.58. The Balaban J connectivity index is 2.77. The quantitative estimate of drug-likeness (QED) is 0.292. The first-order valence-electron chi connectivity index (χ1n) is 9.53. The minimum absolute atomic E-state index is 0.471. The minimum atomic E-state index is -1.32. The molecule has 0 bridgehead atoms. The number of nitrogens with zero attached hydrogens (tertiary/aromatic N) is 1. The first-order valence-corrected chi connectivity index (χ1v) is 9.53. The molecule has 2 nitrogen and oxygen atoms in total. The Kier molecular flexibility index (Phi) is 10.1. The van der Waals surface area contributed by atoms with Gasteiger partial charge >= 0.3 is 0 Å². The molecule has 1 atom stereocenters. The fraction of sp³-hybridized carbons (Fsp3) is 0.591. The lowest BCUT2D eigenvalue weighted by atomic mass is 9.84. The molecule has 1 rings (SSSR count). The predicted octanol–water partition coefficient (Wildman–Crippen LogP) is 5.96. The van der Waals surface area contributed by atoms with Gasteiger partial charge in [0.1, 0.15) is 6.07 Å². The van der Waals surface area contributed by atoms with Crippen LogP contribution in [0, 0.1) is 11.3 Å². The molecule has 2 heteroatoms. The van der Waals surface area contributed by atoms with E-state index in [0.29, 0.717) is 6.42 Å². The lowest BCUT2D eigenvalue weighted by Gasteiger charge is -2.24. The maximum absolute atomic E-state index is 11.0. The topological polar surface area (TPSA) is 44.0 Å². The van der Waals surface area contributed by atoms with Gasteiger partial charge < -0.3 is 5.11 Å². The highest BCUT2D eigenvalue weighted by Crippen LogP contribution is 2.28. The lowest BCUT2D eigenvalue weighted by molar-refractivity contribution is 0.123. The summed E-state index contributed by atoms with van der Waals surface area (Å²) >= 11 is 0. The van der Waals surface area contributed by atoms with E-state index in [4.69, 9.17) is 0 Å². The first-order chi connectivity index (χ1) is 11.7. The summed E-state index contributed by atoms with van der Waals surface area (Å²) in [5, 5.41) is 20.6. The Morgan fingerprint density at radius 3 is 2.38 bits per heavy atom. The molecule has 0 fully saturated rings. The number of nitriles is 1. The molecule has 0 aliphatic heterocycles. The van der Waals surface area contributed by atoms with Crippen LogP contribution < -0.4 is 0 Å². The molecule has 1 aromatic carbocycles. The van der Waals surface area contributed by atoms with E-state index in [1.165, 1.54) is 18.4 Å². The molecule has 0 heterocycles. The van der Waals surface area contributed by atoms with Crippen molar-refractivity contribution in [3.63, 3.8) is 0 Å². The van der Waals surface area contributed by atoms with Crippen LogP contribution >= 0.6 is 0 Å². The third kappa shape index (κ3) is 7.32. The third-order valence-corrected chi connectivity index (χ3v) is 4.58. The van der Waals surface area contributed by atoms with E-state index in [1.54, 1.807) is 0 Å². The van der Waals surface area contributed by atoms with Crippen LogP contribution in [0.25, 0.3) is 0 Å². The van der Waals surface area contributed by atoms with E-state index in [-0.39, 0.29) is 0 Å². The van der Waals surface area contributed by atoms with Crippen molar-refractivity contribution in [2.24, 2.45) is 0 Å². The van der Waals surface area contributed by atoms with Crippen molar-refractivity contribution in [1.82, 2.24) is 0 Å². The zero-order chi connectivity index (χ0) is 17.7. The molecular weight excluding hydrogens is 294 g/mol. The number of allylic oxidation sites excluding steroid dienone is 1. The fourth-order valence-electron chi connectivity index (χ4n) is 2.97. The van der Waals surface area contributed by atoms with E-state index in [9.17, 15) is 10.4 Å². The summed E-state index contributed by atoms with van der Waals surface area (Å²) in [6.45, 7) is 4.37. The molecule has 132 valence electrons. The summed E-state index contributed by atoms with van der Waals surface area (Å²) in [5.41, 5.74) is 0.783. The molecule has 0 spiro atoms. The molecule has 1 N–H and O–H groups in total. The Morgan fingerprint density at radius 2 is 1.75 bits per heavy atom. The summed E-state index contributed by atoms with van der Waals surface area (Å²) in [7, 11) is 0. The number of aryl methyl sites for hydroxylation is 1. The second-order valence-electron chi connectivity index (χ2n) is 6.64. The van der Waals surface area contributed by atoms with Crippen LogP contribution in [0.3, 0.4) is 0 Å². The summed E-state index contributed by atoms with van der Waals surface area (Å²) in [5.74, 6) is 0. The van der Waals surface area contributed by atoms with Crippen molar-refractivity contribution in [1.29, 1.82) is 5.26 Å². The van der Waals surface area contributed by atoms with Gasteiger partial charge in [0, 0.05) is 0 Å². The number of aliphatic hydroxyl groups is 1. The number of rotatable bonds is 12. The second-order valence-corrected chi connectivity index (χ2v) is 6.64. The first kappa shape index (κ1) is 20.5. The molecule has 0 aliphatic rings. The smallest absolute Gasteiger partial charge is 0.172 e. The summed E-state index contributed by atoms with van der Waals surface area (Å²) in [6.07, 6.45) is 12.0. The van der Waals surface area contributed by atoms with Gasteiger partial charge in [-0.3, -0.25) is 0 Å². The van der Waals surface area contributed by atoms with E-state index >= 15 is 0 Å². The SMILES string of the molecule is CCCCC/C=C(\CCCCC)C(O)(C#N)CCc1ccccc1.